The van der Waals surface area contributed by atoms with Crippen molar-refractivity contribution in [2.75, 3.05) is 5.32 Å². The van der Waals surface area contributed by atoms with E-state index in [4.69, 9.17) is 11.6 Å². The Morgan fingerprint density at radius 2 is 2.00 bits per heavy atom. The molecule has 0 bridgehead atoms. The number of hydrogen-bond donors (Lipinski definition) is 1. The molecule has 1 aromatic heterocycles. The van der Waals surface area contributed by atoms with Crippen molar-refractivity contribution in [2.24, 2.45) is 0 Å². The summed E-state index contributed by atoms with van der Waals surface area (Å²) in [6.07, 6.45) is 1.77. The number of anilines is 1. The summed E-state index contributed by atoms with van der Waals surface area (Å²) in [5.41, 5.74) is 2.21. The maximum absolute atomic E-state index is 5.75. The first-order valence-corrected chi connectivity index (χ1v) is 4.66. The Balaban J connectivity index is 2.90. The highest BCUT2D eigenvalue weighted by Crippen LogP contribution is 2.20. The summed E-state index contributed by atoms with van der Waals surface area (Å²) < 4.78 is 0. The number of aromatic nitrogens is 1. The van der Waals surface area contributed by atoms with Gasteiger partial charge in [0.15, 0.2) is 0 Å². The highest BCUT2D eigenvalue weighted by atomic mass is 35.5. The summed E-state index contributed by atoms with van der Waals surface area (Å²) in [5.74, 6) is 0. The molecule has 0 aliphatic rings. The first-order valence-electron chi connectivity index (χ1n) is 4.29. The Morgan fingerprint density at radius 1 is 1.38 bits per heavy atom. The molecule has 72 valence electrons. The van der Waals surface area contributed by atoms with E-state index in [2.05, 4.69) is 31.1 Å². The third-order valence-corrected chi connectivity index (χ3v) is 1.79. The van der Waals surface area contributed by atoms with Gasteiger partial charge in [0.25, 0.3) is 0 Å². The van der Waals surface area contributed by atoms with Crippen LogP contribution in [-0.4, -0.2) is 10.5 Å². The number of nitrogens with zero attached hydrogens (tertiary/aromatic N) is 1. The van der Waals surface area contributed by atoms with Gasteiger partial charge in [0.1, 0.15) is 5.15 Å². The largest absolute Gasteiger partial charge is 0.379 e. The summed E-state index contributed by atoms with van der Waals surface area (Å²) in [6, 6.07) is 1.86. The van der Waals surface area contributed by atoms with Gasteiger partial charge >= 0.3 is 0 Å². The van der Waals surface area contributed by atoms with Gasteiger partial charge in [-0.05, 0) is 39.3 Å². The zero-order valence-corrected chi connectivity index (χ0v) is 9.24. The summed E-state index contributed by atoms with van der Waals surface area (Å²) in [6.45, 7) is 8.35. The lowest BCUT2D eigenvalue weighted by molar-refractivity contribution is 0.633. The van der Waals surface area contributed by atoms with Crippen molar-refractivity contribution in [3.63, 3.8) is 0 Å². The SMILES string of the molecule is Cc1cc(Cl)ncc1NC(C)(C)C. The molecule has 0 radical (unpaired) electrons. The fraction of sp³-hybridized carbons (Fsp3) is 0.500. The minimum absolute atomic E-state index is 0.0558. The van der Waals surface area contributed by atoms with Crippen molar-refractivity contribution < 1.29 is 0 Å². The van der Waals surface area contributed by atoms with E-state index in [0.29, 0.717) is 5.15 Å². The van der Waals surface area contributed by atoms with Gasteiger partial charge in [-0.3, -0.25) is 0 Å². The van der Waals surface area contributed by atoms with Crippen LogP contribution in [0.5, 0.6) is 0 Å². The lowest BCUT2D eigenvalue weighted by atomic mass is 10.1. The van der Waals surface area contributed by atoms with Gasteiger partial charge < -0.3 is 5.32 Å². The molecule has 0 aliphatic carbocycles. The molecule has 0 amide bonds. The van der Waals surface area contributed by atoms with E-state index in [1.165, 1.54) is 0 Å². The molecule has 3 heteroatoms. The zero-order valence-electron chi connectivity index (χ0n) is 8.48. The van der Waals surface area contributed by atoms with Gasteiger partial charge in [-0.2, -0.15) is 0 Å². The molecule has 0 atom stereocenters. The van der Waals surface area contributed by atoms with E-state index >= 15 is 0 Å². The van der Waals surface area contributed by atoms with Crippen LogP contribution in [0.25, 0.3) is 0 Å². The monoisotopic (exact) mass is 198 g/mol. The average Bonchev–Trinajstić information content (AvgIpc) is 1.93. The average molecular weight is 199 g/mol. The molecule has 1 heterocycles. The quantitative estimate of drug-likeness (QED) is 0.701. The van der Waals surface area contributed by atoms with Crippen molar-refractivity contribution in [3.05, 3.63) is 23.0 Å². The number of nitrogens with one attached hydrogen (secondary N) is 1. The van der Waals surface area contributed by atoms with E-state index in [1.54, 1.807) is 6.20 Å². The zero-order chi connectivity index (χ0) is 10.1. The van der Waals surface area contributed by atoms with E-state index in [9.17, 15) is 0 Å². The number of halogens is 1. The molecule has 0 unspecified atom stereocenters. The van der Waals surface area contributed by atoms with Crippen LogP contribution in [-0.2, 0) is 0 Å². The maximum atomic E-state index is 5.75. The van der Waals surface area contributed by atoms with Crippen LogP contribution in [0.1, 0.15) is 26.3 Å². The molecule has 0 saturated heterocycles. The molecule has 2 nitrogen and oxygen atoms in total. The standard InChI is InChI=1S/C10H15ClN2/c1-7-5-9(11)12-6-8(7)13-10(2,3)4/h5-6,13H,1-4H3. The highest BCUT2D eigenvalue weighted by molar-refractivity contribution is 6.29. The molecule has 1 N–H and O–H groups in total. The molecular formula is C10H15ClN2. The smallest absolute Gasteiger partial charge is 0.129 e. The van der Waals surface area contributed by atoms with Crippen LogP contribution in [0.3, 0.4) is 0 Å². The van der Waals surface area contributed by atoms with Crippen molar-refractivity contribution in [1.82, 2.24) is 4.98 Å². The summed E-state index contributed by atoms with van der Waals surface area (Å²) in [4.78, 5) is 4.03. The van der Waals surface area contributed by atoms with E-state index in [1.807, 2.05) is 13.0 Å². The van der Waals surface area contributed by atoms with E-state index in [-0.39, 0.29) is 5.54 Å². The Kier molecular flexibility index (Phi) is 2.81. The second-order valence-electron chi connectivity index (χ2n) is 4.20. The van der Waals surface area contributed by atoms with E-state index in [0.717, 1.165) is 11.3 Å². The first-order chi connectivity index (χ1) is 5.88. The topological polar surface area (TPSA) is 24.9 Å². The van der Waals surface area contributed by atoms with Crippen LogP contribution in [0.15, 0.2) is 12.3 Å². The van der Waals surface area contributed by atoms with Crippen molar-refractivity contribution in [1.29, 1.82) is 0 Å². The molecular weight excluding hydrogens is 184 g/mol. The molecule has 0 fully saturated rings. The molecule has 13 heavy (non-hydrogen) atoms. The third kappa shape index (κ3) is 3.23. The Labute approximate surface area is 84.3 Å². The van der Waals surface area contributed by atoms with Crippen LogP contribution in [0.2, 0.25) is 5.15 Å². The Hall–Kier alpha value is -0.760. The second kappa shape index (κ2) is 3.54. The predicted octanol–water partition coefficient (Wildman–Crippen LogP) is 3.25. The first kappa shape index (κ1) is 10.3. The minimum Gasteiger partial charge on any atom is -0.379 e. The number of rotatable bonds is 1. The van der Waals surface area contributed by atoms with Crippen molar-refractivity contribution in [3.8, 4) is 0 Å². The summed E-state index contributed by atoms with van der Waals surface area (Å²) in [5, 5.41) is 3.89. The maximum Gasteiger partial charge on any atom is 0.129 e. The minimum atomic E-state index is 0.0558. The normalized spacial score (nSPS) is 11.5. The lowest BCUT2D eigenvalue weighted by Gasteiger charge is -2.23. The third-order valence-electron chi connectivity index (χ3n) is 1.59. The Bertz CT molecular complexity index is 302. The number of hydrogen-bond acceptors (Lipinski definition) is 2. The van der Waals surface area contributed by atoms with Crippen LogP contribution in [0.4, 0.5) is 5.69 Å². The molecule has 0 saturated carbocycles. The predicted molar refractivity (Wildman–Crippen MR) is 57.4 cm³/mol. The molecule has 1 aromatic rings. The fourth-order valence-electron chi connectivity index (χ4n) is 1.06. The van der Waals surface area contributed by atoms with Gasteiger partial charge in [0, 0.05) is 5.54 Å². The van der Waals surface area contributed by atoms with E-state index < -0.39 is 0 Å². The number of pyridine rings is 1. The second-order valence-corrected chi connectivity index (χ2v) is 4.58. The molecule has 1 rings (SSSR count). The van der Waals surface area contributed by atoms with Gasteiger partial charge in [0.2, 0.25) is 0 Å². The van der Waals surface area contributed by atoms with Crippen LogP contribution < -0.4 is 5.32 Å². The molecule has 0 aromatic carbocycles. The molecule has 0 aliphatic heterocycles. The summed E-state index contributed by atoms with van der Waals surface area (Å²) in [7, 11) is 0. The van der Waals surface area contributed by atoms with Crippen LogP contribution >= 0.6 is 11.6 Å². The molecule has 0 spiro atoms. The van der Waals surface area contributed by atoms with Crippen molar-refractivity contribution in [2.45, 2.75) is 33.2 Å². The number of aryl methyl sites for hydroxylation is 1. The van der Waals surface area contributed by atoms with Crippen molar-refractivity contribution >= 4 is 17.3 Å². The summed E-state index contributed by atoms with van der Waals surface area (Å²) >= 11 is 5.75. The fourth-order valence-corrected chi connectivity index (χ4v) is 1.27. The van der Waals surface area contributed by atoms with Crippen LogP contribution in [0, 0.1) is 6.92 Å². The van der Waals surface area contributed by atoms with Gasteiger partial charge in [-0.25, -0.2) is 4.98 Å². The van der Waals surface area contributed by atoms with Gasteiger partial charge in [0.05, 0.1) is 11.9 Å². The van der Waals surface area contributed by atoms with Gasteiger partial charge in [-0.15, -0.1) is 0 Å². The Morgan fingerprint density at radius 3 is 2.46 bits per heavy atom. The highest BCUT2D eigenvalue weighted by Gasteiger charge is 2.10. The van der Waals surface area contributed by atoms with Gasteiger partial charge in [-0.1, -0.05) is 11.6 Å². The lowest BCUT2D eigenvalue weighted by Crippen LogP contribution is -2.26.